The number of nitrogens with one attached hydrogen (secondary N) is 3. The number of H-pyrrole nitrogens is 1. The summed E-state index contributed by atoms with van der Waals surface area (Å²) in [5.41, 5.74) is 0.367. The van der Waals surface area contributed by atoms with E-state index >= 15 is 0 Å². The van der Waals surface area contributed by atoms with Crippen molar-refractivity contribution in [2.75, 3.05) is 5.32 Å². The molecule has 3 rings (SSSR count). The van der Waals surface area contributed by atoms with Crippen LogP contribution in [0.4, 0.5) is 14.6 Å². The first-order chi connectivity index (χ1) is 14.2. The molecule has 3 aromatic rings. The Labute approximate surface area is 171 Å². The summed E-state index contributed by atoms with van der Waals surface area (Å²) in [6.45, 7) is 5.08. The zero-order chi connectivity index (χ0) is 21.9. The van der Waals surface area contributed by atoms with Gasteiger partial charge in [0.05, 0.1) is 0 Å². The average Bonchev–Trinajstić information content (AvgIpc) is 3.17. The highest BCUT2D eigenvalue weighted by atomic mass is 19.1. The van der Waals surface area contributed by atoms with Crippen LogP contribution in [0.15, 0.2) is 48.7 Å². The molecule has 0 radical (unpaired) electrons. The van der Waals surface area contributed by atoms with Gasteiger partial charge in [0.1, 0.15) is 23.4 Å². The lowest BCUT2D eigenvalue weighted by Gasteiger charge is -2.23. The number of carbonyl (C=O) groups is 2. The minimum absolute atomic E-state index is 0.197. The molecule has 0 saturated heterocycles. The van der Waals surface area contributed by atoms with Crippen LogP contribution in [-0.4, -0.2) is 33.0 Å². The fourth-order valence-corrected chi connectivity index (χ4v) is 2.84. The fraction of sp³-hybridized carbons (Fsp3) is 0.238. The van der Waals surface area contributed by atoms with E-state index in [1.54, 1.807) is 32.0 Å². The van der Waals surface area contributed by atoms with Crippen LogP contribution in [0.2, 0.25) is 0 Å². The van der Waals surface area contributed by atoms with Gasteiger partial charge >= 0.3 is 0 Å². The Morgan fingerprint density at radius 2 is 1.80 bits per heavy atom. The van der Waals surface area contributed by atoms with Gasteiger partial charge in [-0.05, 0) is 36.8 Å². The molecule has 156 valence electrons. The SMILES string of the molecule is CC(NC(=O)c1ccccn1)C(=O)Nc1cc(C(C)(C)c2cc(F)cc(F)c2)[nH]n1. The summed E-state index contributed by atoms with van der Waals surface area (Å²) in [6.07, 6.45) is 1.48. The van der Waals surface area contributed by atoms with Crippen LogP contribution < -0.4 is 10.6 Å². The van der Waals surface area contributed by atoms with E-state index in [0.717, 1.165) is 6.07 Å². The number of amides is 2. The molecule has 2 aromatic heterocycles. The number of anilines is 1. The van der Waals surface area contributed by atoms with E-state index in [1.807, 2.05) is 0 Å². The second kappa shape index (κ2) is 8.40. The van der Waals surface area contributed by atoms with Crippen LogP contribution >= 0.6 is 0 Å². The van der Waals surface area contributed by atoms with E-state index in [9.17, 15) is 18.4 Å². The summed E-state index contributed by atoms with van der Waals surface area (Å²) in [4.78, 5) is 28.5. The number of carbonyl (C=O) groups excluding carboxylic acids is 2. The van der Waals surface area contributed by atoms with Crippen molar-refractivity contribution in [2.45, 2.75) is 32.2 Å². The number of aromatic nitrogens is 3. The number of hydrogen-bond donors (Lipinski definition) is 3. The van der Waals surface area contributed by atoms with Crippen LogP contribution in [-0.2, 0) is 10.2 Å². The molecule has 0 aliphatic carbocycles. The van der Waals surface area contributed by atoms with Gasteiger partial charge in [-0.15, -0.1) is 0 Å². The number of pyridine rings is 1. The first-order valence-electron chi connectivity index (χ1n) is 9.22. The van der Waals surface area contributed by atoms with E-state index in [4.69, 9.17) is 0 Å². The Bertz CT molecular complexity index is 1050. The van der Waals surface area contributed by atoms with E-state index < -0.39 is 34.9 Å². The van der Waals surface area contributed by atoms with Gasteiger partial charge in [0, 0.05) is 29.4 Å². The molecule has 2 amide bonds. The maximum atomic E-state index is 13.6. The number of nitrogens with zero attached hydrogens (tertiary/aromatic N) is 2. The van der Waals surface area contributed by atoms with Gasteiger partial charge < -0.3 is 10.6 Å². The van der Waals surface area contributed by atoms with Crippen molar-refractivity contribution in [3.05, 3.63) is 77.2 Å². The van der Waals surface area contributed by atoms with Crippen molar-refractivity contribution in [3.8, 4) is 0 Å². The molecule has 9 heteroatoms. The van der Waals surface area contributed by atoms with Crippen molar-refractivity contribution in [3.63, 3.8) is 0 Å². The number of benzene rings is 1. The smallest absolute Gasteiger partial charge is 0.270 e. The molecule has 0 aliphatic rings. The average molecular weight is 413 g/mol. The Morgan fingerprint density at radius 3 is 2.43 bits per heavy atom. The van der Waals surface area contributed by atoms with Crippen LogP contribution in [0.3, 0.4) is 0 Å². The molecule has 0 fully saturated rings. The summed E-state index contributed by atoms with van der Waals surface area (Å²) in [6, 6.07) is 8.93. The third-order valence-corrected chi connectivity index (χ3v) is 4.73. The maximum absolute atomic E-state index is 13.6. The van der Waals surface area contributed by atoms with Crippen LogP contribution in [0.25, 0.3) is 0 Å². The molecule has 30 heavy (non-hydrogen) atoms. The Balaban J connectivity index is 1.68. The highest BCUT2D eigenvalue weighted by Gasteiger charge is 2.27. The topological polar surface area (TPSA) is 99.8 Å². The second-order valence-electron chi connectivity index (χ2n) is 7.35. The summed E-state index contributed by atoms with van der Waals surface area (Å²) in [5, 5.41) is 12.0. The normalized spacial score (nSPS) is 12.3. The van der Waals surface area contributed by atoms with Crippen molar-refractivity contribution in [1.29, 1.82) is 0 Å². The van der Waals surface area contributed by atoms with Crippen LogP contribution in [0, 0.1) is 11.6 Å². The molecular formula is C21H21F2N5O2. The van der Waals surface area contributed by atoms with E-state index in [-0.39, 0.29) is 11.5 Å². The standard InChI is InChI=1S/C21H21F2N5O2/c1-12(25-20(30)16-6-4-5-7-24-16)19(29)26-18-11-17(27-28-18)21(2,3)13-8-14(22)10-15(23)9-13/h4-12H,1-3H3,(H,25,30)(H2,26,27,28,29). The summed E-state index contributed by atoms with van der Waals surface area (Å²) in [5.74, 6) is -2.09. The minimum Gasteiger partial charge on any atom is -0.339 e. The first kappa shape index (κ1) is 21.1. The highest BCUT2D eigenvalue weighted by Crippen LogP contribution is 2.32. The van der Waals surface area contributed by atoms with Gasteiger partial charge in [-0.25, -0.2) is 8.78 Å². The van der Waals surface area contributed by atoms with E-state index in [0.29, 0.717) is 11.3 Å². The third kappa shape index (κ3) is 4.68. The summed E-state index contributed by atoms with van der Waals surface area (Å²) < 4.78 is 27.2. The van der Waals surface area contributed by atoms with Gasteiger partial charge in [-0.3, -0.25) is 19.7 Å². The number of halogens is 2. The molecule has 0 saturated carbocycles. The Hall–Kier alpha value is -3.62. The lowest BCUT2D eigenvalue weighted by atomic mass is 9.81. The zero-order valence-electron chi connectivity index (χ0n) is 16.7. The van der Waals surface area contributed by atoms with Gasteiger partial charge in [0.2, 0.25) is 5.91 Å². The lowest BCUT2D eigenvalue weighted by Crippen LogP contribution is -2.41. The molecular weight excluding hydrogens is 392 g/mol. The second-order valence-corrected chi connectivity index (χ2v) is 7.35. The quantitative estimate of drug-likeness (QED) is 0.578. The number of hydrogen-bond acceptors (Lipinski definition) is 4. The van der Waals surface area contributed by atoms with Gasteiger partial charge in [0.15, 0.2) is 5.82 Å². The summed E-state index contributed by atoms with van der Waals surface area (Å²) in [7, 11) is 0. The molecule has 7 nitrogen and oxygen atoms in total. The number of rotatable bonds is 6. The minimum atomic E-state index is -0.843. The van der Waals surface area contributed by atoms with E-state index in [2.05, 4.69) is 25.8 Å². The first-order valence-corrected chi connectivity index (χ1v) is 9.22. The number of aromatic amines is 1. The molecule has 0 aliphatic heterocycles. The van der Waals surface area contributed by atoms with Crippen molar-refractivity contribution < 1.29 is 18.4 Å². The van der Waals surface area contributed by atoms with Gasteiger partial charge in [-0.1, -0.05) is 19.9 Å². The molecule has 0 spiro atoms. The van der Waals surface area contributed by atoms with Gasteiger partial charge in [0.25, 0.3) is 5.91 Å². The molecule has 1 atom stereocenters. The Kier molecular flexibility index (Phi) is 5.91. The van der Waals surface area contributed by atoms with Crippen molar-refractivity contribution >= 4 is 17.6 Å². The Morgan fingerprint density at radius 1 is 1.10 bits per heavy atom. The van der Waals surface area contributed by atoms with Crippen LogP contribution in [0.1, 0.15) is 42.5 Å². The van der Waals surface area contributed by atoms with Crippen LogP contribution in [0.5, 0.6) is 0 Å². The maximum Gasteiger partial charge on any atom is 0.270 e. The predicted octanol–water partition coefficient (Wildman–Crippen LogP) is 3.17. The third-order valence-electron chi connectivity index (χ3n) is 4.73. The molecule has 0 bridgehead atoms. The van der Waals surface area contributed by atoms with Crippen molar-refractivity contribution in [2.24, 2.45) is 0 Å². The predicted molar refractivity (Wildman–Crippen MR) is 107 cm³/mol. The highest BCUT2D eigenvalue weighted by molar-refractivity contribution is 5.99. The molecule has 1 aromatic carbocycles. The molecule has 1 unspecified atom stereocenters. The largest absolute Gasteiger partial charge is 0.339 e. The molecule has 3 N–H and O–H groups in total. The van der Waals surface area contributed by atoms with Gasteiger partial charge in [-0.2, -0.15) is 5.10 Å². The lowest BCUT2D eigenvalue weighted by molar-refractivity contribution is -0.117. The van der Waals surface area contributed by atoms with Crippen molar-refractivity contribution in [1.82, 2.24) is 20.5 Å². The summed E-state index contributed by atoms with van der Waals surface area (Å²) >= 11 is 0. The molecule has 2 heterocycles. The zero-order valence-corrected chi connectivity index (χ0v) is 16.7. The monoisotopic (exact) mass is 413 g/mol. The van der Waals surface area contributed by atoms with E-state index in [1.165, 1.54) is 31.3 Å². The fourth-order valence-electron chi connectivity index (χ4n) is 2.84.